The van der Waals surface area contributed by atoms with Crippen molar-refractivity contribution >= 4 is 41.0 Å². The number of hydrogen-bond donors (Lipinski definition) is 5. The van der Waals surface area contributed by atoms with Crippen LogP contribution in [0.15, 0.2) is 115 Å². The molecule has 0 saturated heterocycles. The first-order valence-electron chi connectivity index (χ1n) is 21.2. The molecule has 2 aliphatic rings. The molecular weight excluding hydrogens is 913 g/mol. The van der Waals surface area contributed by atoms with Crippen molar-refractivity contribution in [3.8, 4) is 18.0 Å². The summed E-state index contributed by atoms with van der Waals surface area (Å²) in [5.41, 5.74) is -2.38. The van der Waals surface area contributed by atoms with Gasteiger partial charge in [0, 0.05) is 32.1 Å². The fraction of sp³-hybridized carbons (Fsp3) is 0.250. The van der Waals surface area contributed by atoms with Crippen LogP contribution in [0.2, 0.25) is 0 Å². The van der Waals surface area contributed by atoms with Gasteiger partial charge in [-0.1, -0.05) is 36.4 Å². The zero-order valence-electron chi connectivity index (χ0n) is 36.7. The van der Waals surface area contributed by atoms with E-state index in [2.05, 4.69) is 16.0 Å². The quantitative estimate of drug-likeness (QED) is 0.0416. The number of urea groups is 2. The van der Waals surface area contributed by atoms with E-state index in [9.17, 15) is 66.3 Å². The fourth-order valence-electron chi connectivity index (χ4n) is 8.34. The van der Waals surface area contributed by atoms with Gasteiger partial charge < -0.3 is 35.2 Å². The number of carbonyl (C=O) groups is 4. The Bertz CT molecular complexity index is 2930. The summed E-state index contributed by atoms with van der Waals surface area (Å²) in [6, 6.07) is 19.3. The van der Waals surface area contributed by atoms with E-state index in [0.717, 1.165) is 35.2 Å². The number of nitrogens with zero attached hydrogens (tertiary/aromatic N) is 6. The van der Waals surface area contributed by atoms with Gasteiger partial charge in [-0.3, -0.25) is 14.6 Å². The van der Waals surface area contributed by atoms with Gasteiger partial charge in [0.05, 0.1) is 102 Å². The van der Waals surface area contributed by atoms with Crippen molar-refractivity contribution in [1.82, 2.24) is 20.5 Å². The maximum absolute atomic E-state index is 14.1. The average Bonchev–Trinajstić information content (AvgIpc) is 3.63. The highest BCUT2D eigenvalue weighted by molar-refractivity contribution is 6.14. The second-order valence-electron chi connectivity index (χ2n) is 16.9. The van der Waals surface area contributed by atoms with Gasteiger partial charge in [0.15, 0.2) is 5.88 Å². The van der Waals surface area contributed by atoms with Crippen molar-refractivity contribution in [3.63, 3.8) is 0 Å². The lowest BCUT2D eigenvalue weighted by molar-refractivity contribution is -0.890. The number of halogens is 6. The molecule has 2 atom stereocenters. The van der Waals surface area contributed by atoms with Gasteiger partial charge >= 0.3 is 30.4 Å². The fourth-order valence-corrected chi connectivity index (χ4v) is 8.34. The molecule has 7 rings (SSSR count). The third-order valence-corrected chi connectivity index (χ3v) is 11.8. The molecule has 0 saturated carbocycles. The van der Waals surface area contributed by atoms with Crippen LogP contribution < -0.4 is 25.8 Å². The van der Waals surface area contributed by atoms with E-state index in [-0.39, 0.29) is 47.0 Å². The molecule has 15 nitrogen and oxygen atoms in total. The molecule has 0 bridgehead atoms. The van der Waals surface area contributed by atoms with E-state index in [1.165, 1.54) is 59.3 Å². The molecule has 0 fully saturated rings. The number of aromatic nitrogens is 1. The number of nitriles is 2. The van der Waals surface area contributed by atoms with Gasteiger partial charge in [-0.15, -0.1) is 0 Å². The number of amides is 5. The average molecular weight is 955 g/mol. The Morgan fingerprint density at radius 1 is 0.739 bits per heavy atom. The van der Waals surface area contributed by atoms with E-state index in [4.69, 9.17) is 0 Å². The van der Waals surface area contributed by atoms with E-state index in [1.54, 1.807) is 12.1 Å². The van der Waals surface area contributed by atoms with E-state index >= 15 is 0 Å². The van der Waals surface area contributed by atoms with Crippen molar-refractivity contribution < 1.29 is 60.2 Å². The van der Waals surface area contributed by atoms with Gasteiger partial charge in [-0.05, 0) is 71.8 Å². The minimum absolute atomic E-state index is 0.0112. The van der Waals surface area contributed by atoms with Crippen LogP contribution in [0.25, 0.3) is 0 Å². The van der Waals surface area contributed by atoms with Crippen molar-refractivity contribution in [3.05, 3.63) is 153 Å². The van der Waals surface area contributed by atoms with Gasteiger partial charge in [0.25, 0.3) is 5.91 Å². The minimum Gasteiger partial charge on any atom is -0.494 e. The van der Waals surface area contributed by atoms with Crippen LogP contribution >= 0.6 is 0 Å². The first-order chi connectivity index (χ1) is 32.6. The number of fused-ring (bicyclic) bond motifs is 1. The van der Waals surface area contributed by atoms with E-state index in [0.29, 0.717) is 52.5 Å². The van der Waals surface area contributed by atoms with E-state index < -0.39 is 76.5 Å². The van der Waals surface area contributed by atoms with E-state index in [1.807, 2.05) is 26.2 Å². The van der Waals surface area contributed by atoms with Crippen LogP contribution in [0.3, 0.4) is 0 Å². The summed E-state index contributed by atoms with van der Waals surface area (Å²) in [5, 5.41) is 48.8. The number of rotatable bonds is 14. The molecule has 1 aromatic heterocycles. The Balaban J connectivity index is 1.08. The molecule has 69 heavy (non-hydrogen) atoms. The number of alkyl halides is 6. The highest BCUT2D eigenvalue weighted by atomic mass is 19.4. The lowest BCUT2D eigenvalue weighted by Gasteiger charge is -2.35. The maximum atomic E-state index is 14.1. The Hall–Kier alpha value is -8.30. The van der Waals surface area contributed by atoms with Gasteiger partial charge in [0.1, 0.15) is 5.70 Å². The van der Waals surface area contributed by atoms with Crippen LogP contribution in [-0.2, 0) is 28.5 Å². The van der Waals surface area contributed by atoms with Crippen LogP contribution in [0.4, 0.5) is 53.0 Å². The molecule has 0 spiro atoms. The number of aryl methyl sites for hydroxylation is 1. The number of hydrogen-bond acceptors (Lipinski definition) is 7. The third kappa shape index (κ3) is 10.3. The molecule has 0 unspecified atom stereocenters. The first kappa shape index (κ1) is 48.6. The number of anilines is 3. The number of carbonyl (C=O) groups excluding carboxylic acids is 3. The van der Waals surface area contributed by atoms with Crippen molar-refractivity contribution in [2.45, 2.75) is 43.8 Å². The number of aromatic hydroxyl groups is 1. The molecule has 0 aliphatic carbocycles. The number of benzene rings is 4. The Morgan fingerprint density at radius 2 is 1.23 bits per heavy atom. The first-order valence-corrected chi connectivity index (χ1v) is 21.2. The lowest BCUT2D eigenvalue weighted by Crippen LogP contribution is -2.52. The molecule has 0 radical (unpaired) electrons. The highest BCUT2D eigenvalue weighted by Gasteiger charge is 2.43. The Labute approximate surface area is 390 Å². The number of quaternary nitrogens is 1. The van der Waals surface area contributed by atoms with Crippen molar-refractivity contribution in [2.24, 2.45) is 0 Å². The van der Waals surface area contributed by atoms with Crippen LogP contribution in [-0.4, -0.2) is 76.9 Å². The van der Waals surface area contributed by atoms with Crippen LogP contribution in [0.1, 0.15) is 63.9 Å². The normalized spacial score (nSPS) is 16.3. The largest absolute Gasteiger partial charge is 0.494 e. The van der Waals surface area contributed by atoms with Gasteiger partial charge in [-0.2, -0.15) is 36.9 Å². The van der Waals surface area contributed by atoms with Gasteiger partial charge in [0.2, 0.25) is 0 Å². The Morgan fingerprint density at radius 3 is 1.75 bits per heavy atom. The second kappa shape index (κ2) is 19.1. The molecular formula is C48H42F6N9O6+. The standard InChI is InChI=1S/C48H41F6N9O6/c1-63(2,22-6-20-60-27-36-37(43(60)65)39(30-15-11-28(25-55)12-16-30)58-45(68)61(36)34-9-3-7-32(23-34)47(49,50)51)21-5-19-57-42(64)38-40(31-17-13-29(26-56)14-18-31)59-46(69)62(41(38)44(66)67)35-10-4-8-33(24-35)48(52,53)54/h3-4,7-18,23-24,27,39-40H,5-6,19-22H2,1-2H3,(H4-,57,58,59,64,65,66,67,68,69)/p+1/t39-,40-/m1/s1. The molecule has 3 heterocycles. The van der Waals surface area contributed by atoms with Crippen molar-refractivity contribution in [2.75, 3.05) is 43.5 Å². The summed E-state index contributed by atoms with van der Waals surface area (Å²) in [4.78, 5) is 55.8. The van der Waals surface area contributed by atoms with Crippen LogP contribution in [0, 0.1) is 22.7 Å². The monoisotopic (exact) mass is 954 g/mol. The topological polar surface area (TPSA) is 204 Å². The molecule has 4 aromatic carbocycles. The molecule has 5 N–H and O–H groups in total. The zero-order valence-corrected chi connectivity index (χ0v) is 36.7. The lowest BCUT2D eigenvalue weighted by atomic mass is 9.92. The molecule has 2 aliphatic heterocycles. The second-order valence-corrected chi connectivity index (χ2v) is 16.9. The summed E-state index contributed by atoms with van der Waals surface area (Å²) in [7, 11) is 3.80. The Kier molecular flexibility index (Phi) is 13.5. The number of carboxylic acids is 1. The minimum atomic E-state index is -4.84. The third-order valence-electron chi connectivity index (χ3n) is 11.8. The predicted molar refractivity (Wildman–Crippen MR) is 236 cm³/mol. The molecule has 21 heteroatoms. The smallest absolute Gasteiger partial charge is 0.416 e. The number of aliphatic carboxylic acids is 1. The SMILES string of the molecule is C[N+](C)(CCCNC(=O)C1=C(C(=O)O)N(c2cccc(C(F)(F)F)c2)C(=O)N[C@@H]1c1ccc(C#N)cc1)CCCn1cc2c(c1O)[C@@H](c1ccc(C#N)cc1)NC(=O)N2c1cccc(C(F)(F)F)c1. The zero-order chi connectivity index (χ0) is 50.0. The van der Waals surface area contributed by atoms with Crippen LogP contribution in [0.5, 0.6) is 5.88 Å². The number of carboxylic acid groups (broad SMARTS) is 1. The molecule has 5 amide bonds. The maximum Gasteiger partial charge on any atom is 0.416 e. The van der Waals surface area contributed by atoms with Crippen molar-refractivity contribution in [1.29, 1.82) is 10.5 Å². The highest BCUT2D eigenvalue weighted by Crippen LogP contribution is 2.46. The summed E-state index contributed by atoms with van der Waals surface area (Å²) in [6.07, 6.45) is -7.29. The molecule has 356 valence electrons. The summed E-state index contributed by atoms with van der Waals surface area (Å²) in [5.74, 6) is -2.94. The predicted octanol–water partition coefficient (Wildman–Crippen LogP) is 8.21. The number of nitrogens with one attached hydrogen (secondary N) is 3. The summed E-state index contributed by atoms with van der Waals surface area (Å²) in [6.45, 7) is 1.10. The van der Waals surface area contributed by atoms with Gasteiger partial charge in [-0.25, -0.2) is 14.4 Å². The summed E-state index contributed by atoms with van der Waals surface area (Å²) < 4.78 is 84.3. The summed E-state index contributed by atoms with van der Waals surface area (Å²) >= 11 is 0. The molecule has 5 aromatic rings.